The number of hydrogen-bond acceptors (Lipinski definition) is 4. The van der Waals surface area contributed by atoms with Crippen molar-refractivity contribution in [1.82, 2.24) is 15.0 Å². The second kappa shape index (κ2) is 6.43. The van der Waals surface area contributed by atoms with Gasteiger partial charge in [0.25, 0.3) is 0 Å². The van der Waals surface area contributed by atoms with E-state index in [0.29, 0.717) is 17.9 Å². The molecule has 2 heterocycles. The number of aromatic nitrogens is 3. The summed E-state index contributed by atoms with van der Waals surface area (Å²) < 4.78 is 19.0. The maximum Gasteiger partial charge on any atom is 0.250 e. The van der Waals surface area contributed by atoms with E-state index in [2.05, 4.69) is 15.0 Å². The van der Waals surface area contributed by atoms with Crippen molar-refractivity contribution >= 4 is 11.6 Å². The molecule has 2 aromatic heterocycles. The summed E-state index contributed by atoms with van der Waals surface area (Å²) in [6.07, 6.45) is 6.23. The Balaban J connectivity index is 2.16. The van der Waals surface area contributed by atoms with Crippen molar-refractivity contribution in [1.29, 1.82) is 0 Å². The van der Waals surface area contributed by atoms with Gasteiger partial charge in [-0.1, -0.05) is 24.9 Å². The normalized spacial score (nSPS) is 10.5. The van der Waals surface area contributed by atoms with Crippen LogP contribution < -0.4 is 4.74 Å². The first-order valence-corrected chi connectivity index (χ1v) is 6.34. The van der Waals surface area contributed by atoms with E-state index in [1.807, 2.05) is 6.92 Å². The van der Waals surface area contributed by atoms with Crippen molar-refractivity contribution < 1.29 is 9.13 Å². The Morgan fingerprint density at radius 3 is 2.68 bits per heavy atom. The van der Waals surface area contributed by atoms with Gasteiger partial charge in [-0.2, -0.15) is 0 Å². The average molecular weight is 282 g/mol. The number of nitrogens with zero attached hydrogens (tertiary/aromatic N) is 3. The molecule has 100 valence electrons. The van der Waals surface area contributed by atoms with E-state index in [1.54, 1.807) is 0 Å². The van der Waals surface area contributed by atoms with Crippen LogP contribution in [-0.4, -0.2) is 21.6 Å². The zero-order valence-electron chi connectivity index (χ0n) is 10.4. The fourth-order valence-corrected chi connectivity index (χ4v) is 1.54. The van der Waals surface area contributed by atoms with Crippen LogP contribution in [0, 0.1) is 5.82 Å². The lowest BCUT2D eigenvalue weighted by Gasteiger charge is -2.06. The molecule has 0 aliphatic heterocycles. The quantitative estimate of drug-likeness (QED) is 0.787. The summed E-state index contributed by atoms with van der Waals surface area (Å²) in [5.74, 6) is -0.496. The number of halogens is 2. The monoisotopic (exact) mass is 281 g/mol. The molecule has 0 bridgehead atoms. The smallest absolute Gasteiger partial charge is 0.250 e. The van der Waals surface area contributed by atoms with Crippen molar-refractivity contribution in [2.24, 2.45) is 0 Å². The molecule has 0 aliphatic carbocycles. The van der Waals surface area contributed by atoms with Crippen LogP contribution in [0.4, 0.5) is 4.39 Å². The predicted molar refractivity (Wildman–Crippen MR) is 70.6 cm³/mol. The summed E-state index contributed by atoms with van der Waals surface area (Å²) in [5.41, 5.74) is 1.04. The Morgan fingerprint density at radius 1 is 1.21 bits per heavy atom. The lowest BCUT2D eigenvalue weighted by atomic mass is 10.2. The van der Waals surface area contributed by atoms with Gasteiger partial charge in [0.05, 0.1) is 24.7 Å². The minimum absolute atomic E-state index is 0.0131. The van der Waals surface area contributed by atoms with E-state index >= 15 is 0 Å². The second-order valence-electron chi connectivity index (χ2n) is 3.94. The topological polar surface area (TPSA) is 47.9 Å². The summed E-state index contributed by atoms with van der Waals surface area (Å²) in [7, 11) is 0. The van der Waals surface area contributed by atoms with Gasteiger partial charge in [0, 0.05) is 11.8 Å². The van der Waals surface area contributed by atoms with Gasteiger partial charge < -0.3 is 4.74 Å². The van der Waals surface area contributed by atoms with Crippen molar-refractivity contribution in [3.8, 4) is 17.1 Å². The Hall–Kier alpha value is -1.75. The molecule has 0 spiro atoms. The number of rotatable bonds is 5. The van der Waals surface area contributed by atoms with Crippen molar-refractivity contribution in [2.45, 2.75) is 19.8 Å². The molecule has 0 aromatic carbocycles. The summed E-state index contributed by atoms with van der Waals surface area (Å²) in [6.45, 7) is 2.50. The van der Waals surface area contributed by atoms with Gasteiger partial charge in [0.2, 0.25) is 5.88 Å². The highest BCUT2D eigenvalue weighted by atomic mass is 35.5. The molecule has 4 nitrogen and oxygen atoms in total. The second-order valence-corrected chi connectivity index (χ2v) is 4.32. The van der Waals surface area contributed by atoms with Crippen LogP contribution in [0.2, 0.25) is 5.15 Å². The first kappa shape index (κ1) is 13.7. The van der Waals surface area contributed by atoms with Crippen LogP contribution in [0.1, 0.15) is 19.8 Å². The number of unbranched alkanes of at least 4 members (excludes halogenated alkanes) is 1. The van der Waals surface area contributed by atoms with Crippen LogP contribution in [0.3, 0.4) is 0 Å². The fraction of sp³-hybridized carbons (Fsp3) is 0.308. The van der Waals surface area contributed by atoms with Crippen LogP contribution in [0.15, 0.2) is 24.7 Å². The van der Waals surface area contributed by atoms with Gasteiger partial charge >= 0.3 is 0 Å². The maximum atomic E-state index is 13.8. The Kier molecular flexibility index (Phi) is 4.63. The maximum absolute atomic E-state index is 13.8. The summed E-state index contributed by atoms with van der Waals surface area (Å²) >= 11 is 5.64. The number of pyridine rings is 1. The molecule has 0 N–H and O–H groups in total. The van der Waals surface area contributed by atoms with Crippen molar-refractivity contribution in [3.05, 3.63) is 35.6 Å². The molecule has 0 radical (unpaired) electrons. The standard InChI is InChI=1S/C13H13ClFN3O/c1-2-3-4-19-13-10(15)5-9(6-18-13)11-7-17-12(14)8-16-11/h5-8H,2-4H2,1H3. The molecule has 0 fully saturated rings. The number of hydrogen-bond donors (Lipinski definition) is 0. The van der Waals surface area contributed by atoms with Gasteiger partial charge in [-0.05, 0) is 12.5 Å². The summed E-state index contributed by atoms with van der Waals surface area (Å²) in [5, 5.41) is 0.289. The minimum Gasteiger partial charge on any atom is -0.476 e. The lowest BCUT2D eigenvalue weighted by molar-refractivity contribution is 0.282. The molecule has 2 rings (SSSR count). The molecule has 0 atom stereocenters. The fourth-order valence-electron chi connectivity index (χ4n) is 1.45. The zero-order chi connectivity index (χ0) is 13.7. The highest BCUT2D eigenvalue weighted by Gasteiger charge is 2.09. The van der Waals surface area contributed by atoms with Gasteiger partial charge in [0.15, 0.2) is 5.82 Å². The summed E-state index contributed by atoms with van der Waals surface area (Å²) in [4.78, 5) is 11.9. The molecule has 0 saturated carbocycles. The van der Waals surface area contributed by atoms with E-state index in [0.717, 1.165) is 12.8 Å². The van der Waals surface area contributed by atoms with Crippen LogP contribution in [-0.2, 0) is 0 Å². The SMILES string of the molecule is CCCCOc1ncc(-c2cnc(Cl)cn2)cc1F. The first-order valence-electron chi connectivity index (χ1n) is 5.97. The molecular weight excluding hydrogens is 269 g/mol. The third kappa shape index (κ3) is 3.61. The molecular formula is C13H13ClFN3O. The Bertz CT molecular complexity index is 548. The first-order chi connectivity index (χ1) is 9.20. The molecule has 0 amide bonds. The van der Waals surface area contributed by atoms with Crippen molar-refractivity contribution in [3.63, 3.8) is 0 Å². The molecule has 0 saturated heterocycles. The van der Waals surface area contributed by atoms with Crippen molar-refractivity contribution in [2.75, 3.05) is 6.61 Å². The predicted octanol–water partition coefficient (Wildman–Crippen LogP) is 3.51. The van der Waals surface area contributed by atoms with E-state index in [4.69, 9.17) is 16.3 Å². The average Bonchev–Trinajstić information content (AvgIpc) is 2.42. The Morgan fingerprint density at radius 2 is 2.05 bits per heavy atom. The molecule has 0 aliphatic rings. The van der Waals surface area contributed by atoms with Gasteiger partial charge in [-0.25, -0.2) is 14.4 Å². The lowest BCUT2D eigenvalue weighted by Crippen LogP contribution is -2.01. The van der Waals surface area contributed by atoms with Gasteiger partial charge in [0.1, 0.15) is 5.15 Å². The minimum atomic E-state index is -0.509. The van der Waals surface area contributed by atoms with E-state index in [-0.39, 0.29) is 11.0 Å². The van der Waals surface area contributed by atoms with Gasteiger partial charge in [-0.15, -0.1) is 0 Å². The highest BCUT2D eigenvalue weighted by molar-refractivity contribution is 6.29. The van der Waals surface area contributed by atoms with E-state index in [9.17, 15) is 4.39 Å². The third-order valence-electron chi connectivity index (χ3n) is 2.46. The van der Waals surface area contributed by atoms with E-state index in [1.165, 1.54) is 24.7 Å². The summed E-state index contributed by atoms with van der Waals surface area (Å²) in [6, 6.07) is 1.33. The van der Waals surface area contributed by atoms with Crippen LogP contribution in [0.5, 0.6) is 5.88 Å². The van der Waals surface area contributed by atoms with Gasteiger partial charge in [-0.3, -0.25) is 4.98 Å². The number of ether oxygens (including phenoxy) is 1. The third-order valence-corrected chi connectivity index (χ3v) is 2.66. The largest absolute Gasteiger partial charge is 0.476 e. The zero-order valence-corrected chi connectivity index (χ0v) is 11.2. The molecule has 6 heteroatoms. The molecule has 2 aromatic rings. The molecule has 19 heavy (non-hydrogen) atoms. The van der Waals surface area contributed by atoms with E-state index < -0.39 is 5.82 Å². The molecule has 0 unspecified atom stereocenters. The Labute approximate surface area is 115 Å². The van der Waals surface area contributed by atoms with Crippen LogP contribution in [0.25, 0.3) is 11.3 Å². The highest BCUT2D eigenvalue weighted by Crippen LogP contribution is 2.21. The van der Waals surface area contributed by atoms with Crippen LogP contribution >= 0.6 is 11.6 Å².